The van der Waals surface area contributed by atoms with Crippen molar-refractivity contribution in [2.24, 2.45) is 0 Å². The number of aromatic amines is 1. The largest absolute Gasteiger partial charge is 0.496 e. The fourth-order valence-electron chi connectivity index (χ4n) is 2.84. The molecule has 0 saturated carbocycles. The SMILES string of the molecule is CC.COc1cccc2[nH]c(/C=C3\C(=O)Nc4ccccc43)cc12. The molecule has 1 amide bonds. The maximum Gasteiger partial charge on any atom is 0.256 e. The predicted molar refractivity (Wildman–Crippen MR) is 99.1 cm³/mol. The van der Waals surface area contributed by atoms with Crippen LogP contribution in [0.25, 0.3) is 22.6 Å². The first kappa shape index (κ1) is 15.9. The molecule has 0 unspecified atom stereocenters. The van der Waals surface area contributed by atoms with Gasteiger partial charge < -0.3 is 15.0 Å². The van der Waals surface area contributed by atoms with Crippen molar-refractivity contribution in [3.05, 3.63) is 59.8 Å². The number of methoxy groups -OCH3 is 1. The molecule has 3 aromatic rings. The van der Waals surface area contributed by atoms with Gasteiger partial charge in [0.2, 0.25) is 0 Å². The fraction of sp³-hybridized carbons (Fsp3) is 0.150. The van der Waals surface area contributed by atoms with Gasteiger partial charge in [-0.25, -0.2) is 0 Å². The average molecular weight is 320 g/mol. The molecule has 2 N–H and O–H groups in total. The number of carbonyl (C=O) groups excluding carboxylic acids is 1. The highest BCUT2D eigenvalue weighted by Crippen LogP contribution is 2.33. The number of hydrogen-bond acceptors (Lipinski definition) is 2. The lowest BCUT2D eigenvalue weighted by atomic mass is 10.1. The van der Waals surface area contributed by atoms with E-state index >= 15 is 0 Å². The van der Waals surface area contributed by atoms with Crippen LogP contribution in [-0.4, -0.2) is 18.0 Å². The number of amides is 1. The van der Waals surface area contributed by atoms with Gasteiger partial charge in [0, 0.05) is 27.8 Å². The summed E-state index contributed by atoms with van der Waals surface area (Å²) < 4.78 is 5.37. The van der Waals surface area contributed by atoms with E-state index in [0.29, 0.717) is 5.57 Å². The van der Waals surface area contributed by atoms with Gasteiger partial charge in [-0.2, -0.15) is 0 Å². The molecule has 24 heavy (non-hydrogen) atoms. The van der Waals surface area contributed by atoms with Gasteiger partial charge in [-0.05, 0) is 30.3 Å². The highest BCUT2D eigenvalue weighted by molar-refractivity contribution is 6.34. The summed E-state index contributed by atoms with van der Waals surface area (Å²) in [5, 5.41) is 3.88. The number of H-pyrrole nitrogens is 1. The molecular weight excluding hydrogens is 300 g/mol. The Bertz CT molecular complexity index is 922. The van der Waals surface area contributed by atoms with Gasteiger partial charge in [0.05, 0.1) is 12.7 Å². The van der Waals surface area contributed by atoms with Crippen molar-refractivity contribution in [1.82, 2.24) is 4.98 Å². The summed E-state index contributed by atoms with van der Waals surface area (Å²) in [6.07, 6.45) is 1.88. The van der Waals surface area contributed by atoms with Crippen LogP contribution >= 0.6 is 0 Å². The molecule has 4 rings (SSSR count). The highest BCUT2D eigenvalue weighted by Gasteiger charge is 2.23. The molecule has 2 heterocycles. The Morgan fingerprint density at radius 3 is 2.62 bits per heavy atom. The fourth-order valence-corrected chi connectivity index (χ4v) is 2.84. The lowest BCUT2D eigenvalue weighted by Crippen LogP contribution is -2.03. The van der Waals surface area contributed by atoms with Crippen molar-refractivity contribution in [2.75, 3.05) is 12.4 Å². The van der Waals surface area contributed by atoms with Crippen molar-refractivity contribution in [3.8, 4) is 5.75 Å². The van der Waals surface area contributed by atoms with Gasteiger partial charge in [-0.3, -0.25) is 4.79 Å². The van der Waals surface area contributed by atoms with E-state index < -0.39 is 0 Å². The molecule has 1 aliphatic rings. The highest BCUT2D eigenvalue weighted by atomic mass is 16.5. The van der Waals surface area contributed by atoms with Crippen LogP contribution in [-0.2, 0) is 4.79 Å². The van der Waals surface area contributed by atoms with Crippen molar-refractivity contribution in [1.29, 1.82) is 0 Å². The third kappa shape index (κ3) is 2.67. The minimum Gasteiger partial charge on any atom is -0.496 e. The van der Waals surface area contributed by atoms with Gasteiger partial charge in [0.25, 0.3) is 5.91 Å². The second kappa shape index (κ2) is 6.62. The molecule has 4 heteroatoms. The Morgan fingerprint density at radius 2 is 1.83 bits per heavy atom. The maximum absolute atomic E-state index is 12.2. The quantitative estimate of drug-likeness (QED) is 0.673. The minimum absolute atomic E-state index is 0.0770. The number of para-hydroxylation sites is 1. The Balaban J connectivity index is 0.000000815. The van der Waals surface area contributed by atoms with Crippen LogP contribution in [0.2, 0.25) is 0 Å². The minimum atomic E-state index is -0.0770. The van der Waals surface area contributed by atoms with Crippen LogP contribution in [0, 0.1) is 0 Å². The zero-order chi connectivity index (χ0) is 17.1. The summed E-state index contributed by atoms with van der Waals surface area (Å²) in [5.41, 5.74) is 4.31. The molecule has 0 fully saturated rings. The lowest BCUT2D eigenvalue weighted by molar-refractivity contribution is -0.110. The van der Waals surface area contributed by atoms with E-state index in [1.807, 2.05) is 68.5 Å². The predicted octanol–water partition coefficient (Wildman–Crippen LogP) is 4.70. The molecule has 0 atom stereocenters. The van der Waals surface area contributed by atoms with Gasteiger partial charge in [0.15, 0.2) is 0 Å². The number of anilines is 1. The molecule has 0 spiro atoms. The zero-order valence-corrected chi connectivity index (χ0v) is 14.0. The van der Waals surface area contributed by atoms with E-state index in [1.54, 1.807) is 7.11 Å². The molecule has 2 aromatic carbocycles. The Kier molecular flexibility index (Phi) is 4.38. The third-order valence-electron chi connectivity index (χ3n) is 3.87. The third-order valence-corrected chi connectivity index (χ3v) is 3.87. The monoisotopic (exact) mass is 320 g/mol. The molecule has 0 saturated heterocycles. The topological polar surface area (TPSA) is 54.1 Å². The average Bonchev–Trinajstić information content (AvgIpc) is 3.17. The number of ether oxygens (including phenoxy) is 1. The first-order valence-electron chi connectivity index (χ1n) is 8.04. The number of rotatable bonds is 2. The Hall–Kier alpha value is -3.01. The molecule has 0 bridgehead atoms. The van der Waals surface area contributed by atoms with Gasteiger partial charge in [-0.1, -0.05) is 38.1 Å². The summed E-state index contributed by atoms with van der Waals surface area (Å²) in [4.78, 5) is 15.5. The molecule has 0 aliphatic carbocycles. The van der Waals surface area contributed by atoms with Crippen molar-refractivity contribution >= 4 is 34.1 Å². The maximum atomic E-state index is 12.2. The molecule has 1 aliphatic heterocycles. The van der Waals surface area contributed by atoms with Crippen LogP contribution in [0.15, 0.2) is 48.5 Å². The van der Waals surface area contributed by atoms with E-state index in [1.165, 1.54) is 0 Å². The smallest absolute Gasteiger partial charge is 0.256 e. The van der Waals surface area contributed by atoms with Crippen LogP contribution in [0.5, 0.6) is 5.75 Å². The number of carbonyl (C=O) groups is 1. The van der Waals surface area contributed by atoms with Gasteiger partial charge in [0.1, 0.15) is 5.75 Å². The number of aromatic nitrogens is 1. The standard InChI is InChI=1S/C18H14N2O2.C2H6/c1-22-17-8-4-7-16-14(17)10-11(19-16)9-13-12-5-2-3-6-15(12)20-18(13)21;1-2/h2-10,19H,1H3,(H,20,21);1-2H3/b13-9-;. The number of benzene rings is 2. The van der Waals surface area contributed by atoms with Crippen LogP contribution in [0.4, 0.5) is 5.69 Å². The van der Waals surface area contributed by atoms with E-state index in [-0.39, 0.29) is 5.91 Å². The first-order valence-corrected chi connectivity index (χ1v) is 8.04. The lowest BCUT2D eigenvalue weighted by Gasteiger charge is -1.99. The molecule has 4 nitrogen and oxygen atoms in total. The summed E-state index contributed by atoms with van der Waals surface area (Å²) in [6, 6.07) is 15.5. The Labute approximate surface area is 141 Å². The second-order valence-corrected chi connectivity index (χ2v) is 5.20. The van der Waals surface area contributed by atoms with E-state index in [0.717, 1.165) is 33.6 Å². The first-order chi connectivity index (χ1) is 11.8. The van der Waals surface area contributed by atoms with Crippen LogP contribution in [0.1, 0.15) is 25.1 Å². The van der Waals surface area contributed by atoms with Gasteiger partial charge >= 0.3 is 0 Å². The van der Waals surface area contributed by atoms with Gasteiger partial charge in [-0.15, -0.1) is 0 Å². The summed E-state index contributed by atoms with van der Waals surface area (Å²) in [5.74, 6) is 0.737. The normalized spacial score (nSPS) is 14.1. The number of hydrogen-bond donors (Lipinski definition) is 2. The summed E-state index contributed by atoms with van der Waals surface area (Å²) in [6.45, 7) is 4.00. The second-order valence-electron chi connectivity index (χ2n) is 5.20. The Morgan fingerprint density at radius 1 is 1.04 bits per heavy atom. The summed E-state index contributed by atoms with van der Waals surface area (Å²) >= 11 is 0. The summed E-state index contributed by atoms with van der Waals surface area (Å²) in [7, 11) is 1.65. The number of fused-ring (bicyclic) bond motifs is 2. The molecule has 122 valence electrons. The zero-order valence-electron chi connectivity index (χ0n) is 14.0. The van der Waals surface area contributed by atoms with E-state index in [4.69, 9.17) is 4.74 Å². The molecular formula is C20H20N2O2. The molecule has 0 radical (unpaired) electrons. The van der Waals surface area contributed by atoms with Crippen molar-refractivity contribution in [2.45, 2.75) is 13.8 Å². The molecule has 1 aromatic heterocycles. The van der Waals surface area contributed by atoms with Crippen LogP contribution < -0.4 is 10.1 Å². The van der Waals surface area contributed by atoms with Crippen molar-refractivity contribution in [3.63, 3.8) is 0 Å². The number of nitrogens with one attached hydrogen (secondary N) is 2. The van der Waals surface area contributed by atoms with Crippen LogP contribution in [0.3, 0.4) is 0 Å². The van der Waals surface area contributed by atoms with Crippen molar-refractivity contribution < 1.29 is 9.53 Å². The van der Waals surface area contributed by atoms with E-state index in [9.17, 15) is 4.79 Å². The van der Waals surface area contributed by atoms with E-state index in [2.05, 4.69) is 10.3 Å².